The Labute approximate surface area is 159 Å². The lowest BCUT2D eigenvalue weighted by Crippen LogP contribution is -2.34. The number of allylic oxidation sites excluding steroid dienone is 1. The summed E-state index contributed by atoms with van der Waals surface area (Å²) in [5, 5.41) is 0. The fourth-order valence-corrected chi connectivity index (χ4v) is 5.27. The summed E-state index contributed by atoms with van der Waals surface area (Å²) in [7, 11) is 0. The molecule has 1 aliphatic carbocycles. The van der Waals surface area contributed by atoms with Gasteiger partial charge in [-0.25, -0.2) is 0 Å². The number of hydrogen-bond acceptors (Lipinski definition) is 1. The Morgan fingerprint density at radius 3 is 2.17 bits per heavy atom. The molecule has 3 rings (SSSR count). The molecule has 0 amide bonds. The van der Waals surface area contributed by atoms with E-state index in [1.807, 2.05) is 0 Å². The number of rotatable bonds is 2. The molecule has 1 heterocycles. The summed E-state index contributed by atoms with van der Waals surface area (Å²) in [4.78, 5) is 1.30. The van der Waals surface area contributed by atoms with Crippen LogP contribution in [0, 0.1) is 6.92 Å². The molecule has 0 spiro atoms. The van der Waals surface area contributed by atoms with Crippen LogP contribution in [0.15, 0.2) is 28.1 Å². The van der Waals surface area contributed by atoms with Gasteiger partial charge in [-0.1, -0.05) is 39.8 Å². The van der Waals surface area contributed by atoms with Crippen molar-refractivity contribution < 1.29 is 0 Å². The van der Waals surface area contributed by atoms with Gasteiger partial charge in [0, 0.05) is 4.88 Å². The third-order valence-electron chi connectivity index (χ3n) is 5.58. The van der Waals surface area contributed by atoms with Gasteiger partial charge in [-0.3, -0.25) is 0 Å². The van der Waals surface area contributed by atoms with E-state index in [-0.39, 0.29) is 10.8 Å². The first kappa shape index (κ1) is 17.9. The summed E-state index contributed by atoms with van der Waals surface area (Å²) in [6.45, 7) is 14.1. The molecule has 0 bridgehead atoms. The molecule has 0 saturated heterocycles. The molecule has 0 unspecified atom stereocenters. The lowest BCUT2D eigenvalue weighted by atomic mass is 9.62. The molecule has 1 aromatic heterocycles. The van der Waals surface area contributed by atoms with E-state index in [9.17, 15) is 0 Å². The minimum atomic E-state index is 0.263. The standard InChI is InChI=1S/C22H27BrS/c1-14(11-16-7-8-20(23)24-16)17-13-19-18(12-15(17)2)21(3,4)9-10-22(19,5)6/h7-8,11-13H,9-10H2,1-6H3/b14-11+. The lowest BCUT2D eigenvalue weighted by molar-refractivity contribution is 0.331. The molecule has 2 aromatic rings. The molecule has 2 heteroatoms. The fourth-order valence-electron chi connectivity index (χ4n) is 3.84. The Morgan fingerprint density at radius 2 is 1.62 bits per heavy atom. The van der Waals surface area contributed by atoms with E-state index in [4.69, 9.17) is 0 Å². The first-order valence-electron chi connectivity index (χ1n) is 8.70. The summed E-state index contributed by atoms with van der Waals surface area (Å²) in [5.41, 5.74) is 7.77. The van der Waals surface area contributed by atoms with Gasteiger partial charge in [-0.15, -0.1) is 11.3 Å². The first-order valence-corrected chi connectivity index (χ1v) is 10.3. The van der Waals surface area contributed by atoms with E-state index in [0.29, 0.717) is 0 Å². The maximum Gasteiger partial charge on any atom is 0.0704 e. The van der Waals surface area contributed by atoms with Gasteiger partial charge in [-0.05, 0) is 99.5 Å². The number of fused-ring (bicyclic) bond motifs is 1. The van der Waals surface area contributed by atoms with Crippen LogP contribution in [-0.4, -0.2) is 0 Å². The third kappa shape index (κ3) is 3.28. The van der Waals surface area contributed by atoms with Crippen molar-refractivity contribution in [2.24, 2.45) is 0 Å². The molecule has 1 aromatic carbocycles. The number of halogens is 1. The molecule has 0 atom stereocenters. The van der Waals surface area contributed by atoms with Crippen molar-refractivity contribution in [3.05, 3.63) is 55.2 Å². The molecule has 0 N–H and O–H groups in total. The number of thiophene rings is 1. The zero-order valence-corrected chi connectivity index (χ0v) is 18.0. The normalized spacial score (nSPS) is 19.2. The van der Waals surface area contributed by atoms with E-state index in [0.717, 1.165) is 0 Å². The summed E-state index contributed by atoms with van der Waals surface area (Å²) in [6, 6.07) is 9.22. The average molecular weight is 403 g/mol. The number of benzene rings is 1. The number of aryl methyl sites for hydroxylation is 1. The second-order valence-electron chi connectivity index (χ2n) is 8.45. The van der Waals surface area contributed by atoms with Crippen LogP contribution in [0.3, 0.4) is 0 Å². The van der Waals surface area contributed by atoms with Crippen LogP contribution in [0.25, 0.3) is 11.6 Å². The molecule has 128 valence electrons. The monoisotopic (exact) mass is 402 g/mol. The topological polar surface area (TPSA) is 0 Å². The third-order valence-corrected chi connectivity index (χ3v) is 7.15. The van der Waals surface area contributed by atoms with Crippen LogP contribution in [-0.2, 0) is 10.8 Å². The molecule has 1 aliphatic rings. The highest BCUT2D eigenvalue weighted by Crippen LogP contribution is 2.47. The van der Waals surface area contributed by atoms with Gasteiger partial charge < -0.3 is 0 Å². The first-order chi connectivity index (χ1) is 11.1. The van der Waals surface area contributed by atoms with Gasteiger partial charge in [-0.2, -0.15) is 0 Å². The summed E-state index contributed by atoms with van der Waals surface area (Å²) < 4.78 is 1.19. The van der Waals surface area contributed by atoms with Crippen molar-refractivity contribution in [3.8, 4) is 0 Å². The predicted octanol–water partition coefficient (Wildman–Crippen LogP) is 7.73. The van der Waals surface area contributed by atoms with Crippen molar-refractivity contribution in [2.45, 2.75) is 65.2 Å². The highest BCUT2D eigenvalue weighted by molar-refractivity contribution is 9.11. The van der Waals surface area contributed by atoms with Gasteiger partial charge in [0.2, 0.25) is 0 Å². The van der Waals surface area contributed by atoms with Crippen LogP contribution >= 0.6 is 27.3 Å². The largest absolute Gasteiger partial charge is 0.129 e. The molecular formula is C22H27BrS. The smallest absolute Gasteiger partial charge is 0.0704 e. The minimum absolute atomic E-state index is 0.263. The number of hydrogen-bond donors (Lipinski definition) is 0. The van der Waals surface area contributed by atoms with Gasteiger partial charge in [0.15, 0.2) is 0 Å². The van der Waals surface area contributed by atoms with E-state index >= 15 is 0 Å². The highest BCUT2D eigenvalue weighted by atomic mass is 79.9. The van der Waals surface area contributed by atoms with Crippen LogP contribution in [0.4, 0.5) is 0 Å². The van der Waals surface area contributed by atoms with Crippen LogP contribution in [0.2, 0.25) is 0 Å². The molecule has 0 radical (unpaired) electrons. The van der Waals surface area contributed by atoms with Gasteiger partial charge in [0.25, 0.3) is 0 Å². The van der Waals surface area contributed by atoms with Gasteiger partial charge in [0.05, 0.1) is 3.79 Å². The Morgan fingerprint density at radius 1 is 1.04 bits per heavy atom. The van der Waals surface area contributed by atoms with Crippen molar-refractivity contribution in [1.29, 1.82) is 0 Å². The van der Waals surface area contributed by atoms with Gasteiger partial charge >= 0.3 is 0 Å². The van der Waals surface area contributed by atoms with Crippen molar-refractivity contribution in [1.82, 2.24) is 0 Å². The Kier molecular flexibility index (Phi) is 4.59. The Bertz CT molecular complexity index is 805. The molecule has 0 fully saturated rings. The maximum absolute atomic E-state index is 3.56. The van der Waals surface area contributed by atoms with Crippen molar-refractivity contribution >= 4 is 38.9 Å². The van der Waals surface area contributed by atoms with Crippen molar-refractivity contribution in [2.75, 3.05) is 0 Å². The second-order valence-corrected chi connectivity index (χ2v) is 10.9. The average Bonchev–Trinajstić information content (AvgIpc) is 2.88. The quantitative estimate of drug-likeness (QED) is 0.481. The van der Waals surface area contributed by atoms with E-state index < -0.39 is 0 Å². The molecular weight excluding hydrogens is 376 g/mol. The summed E-state index contributed by atoms with van der Waals surface area (Å²) in [6.07, 6.45) is 4.84. The van der Waals surface area contributed by atoms with E-state index in [2.05, 4.69) is 87.8 Å². The van der Waals surface area contributed by atoms with Crippen LogP contribution in [0.5, 0.6) is 0 Å². The molecule has 0 nitrogen and oxygen atoms in total. The Hall–Kier alpha value is -0.860. The van der Waals surface area contributed by atoms with Gasteiger partial charge in [0.1, 0.15) is 0 Å². The van der Waals surface area contributed by atoms with Crippen LogP contribution < -0.4 is 0 Å². The van der Waals surface area contributed by atoms with E-state index in [1.165, 1.54) is 38.2 Å². The maximum atomic E-state index is 3.56. The zero-order chi connectivity index (χ0) is 17.7. The fraction of sp³-hybridized carbons (Fsp3) is 0.455. The van der Waals surface area contributed by atoms with E-state index in [1.54, 1.807) is 22.5 Å². The van der Waals surface area contributed by atoms with Crippen LogP contribution in [0.1, 0.15) is 74.6 Å². The molecule has 24 heavy (non-hydrogen) atoms. The Balaban J connectivity index is 2.12. The van der Waals surface area contributed by atoms with Crippen molar-refractivity contribution in [3.63, 3.8) is 0 Å². The summed E-state index contributed by atoms with van der Waals surface area (Å²) in [5.74, 6) is 0. The molecule has 0 aliphatic heterocycles. The summed E-state index contributed by atoms with van der Waals surface area (Å²) >= 11 is 5.34. The predicted molar refractivity (Wildman–Crippen MR) is 112 cm³/mol. The minimum Gasteiger partial charge on any atom is -0.129 e. The highest BCUT2D eigenvalue weighted by Gasteiger charge is 2.37. The lowest BCUT2D eigenvalue weighted by Gasteiger charge is -2.42. The SMILES string of the molecule is C/C(=C\c1ccc(Br)s1)c1cc2c(cc1C)C(C)(C)CCC2(C)C. The zero-order valence-electron chi connectivity index (χ0n) is 15.6. The second kappa shape index (κ2) is 6.14. The molecule has 0 saturated carbocycles.